The molecule has 3 rings (SSSR count). The normalized spacial score (nSPS) is 10.6. The number of aryl methyl sites for hydroxylation is 1. The second-order valence-corrected chi connectivity index (χ2v) is 7.68. The minimum absolute atomic E-state index is 0.304. The topological polar surface area (TPSA) is 32.3 Å². The van der Waals surface area contributed by atoms with E-state index in [1.165, 1.54) is 12.1 Å². The lowest BCUT2D eigenvalue weighted by molar-refractivity contribution is 0.210. The van der Waals surface area contributed by atoms with Crippen LogP contribution in [0.1, 0.15) is 16.7 Å². The minimum atomic E-state index is -0.402. The average Bonchev–Trinajstić information content (AvgIpc) is 2.67. The standard InChI is InChI=1S/C23H21Cl2FN2O/c1-16-5-7-17(8-6-16)15-28(12-11-18-9-10-19(24)13-22(18)25)23(29)27-21-4-2-3-20(26)14-21/h2-10,13-14H,11-12,15H2,1H3,(H,27,29). The Morgan fingerprint density at radius 3 is 2.48 bits per heavy atom. The van der Waals surface area contributed by atoms with Gasteiger partial charge < -0.3 is 10.2 Å². The van der Waals surface area contributed by atoms with Crippen LogP contribution in [0.5, 0.6) is 0 Å². The van der Waals surface area contributed by atoms with Gasteiger partial charge in [0, 0.05) is 28.8 Å². The Hall–Kier alpha value is -2.56. The predicted octanol–water partition coefficient (Wildman–Crippen LogP) is 6.72. The van der Waals surface area contributed by atoms with Crippen molar-refractivity contribution >= 4 is 34.9 Å². The number of halogens is 3. The first-order valence-electron chi connectivity index (χ1n) is 9.22. The number of nitrogens with zero attached hydrogens (tertiary/aromatic N) is 1. The molecule has 0 radical (unpaired) electrons. The fourth-order valence-electron chi connectivity index (χ4n) is 2.91. The quantitative estimate of drug-likeness (QED) is 0.462. The molecular formula is C23H21Cl2FN2O. The molecule has 0 bridgehead atoms. The summed E-state index contributed by atoms with van der Waals surface area (Å²) >= 11 is 12.2. The molecule has 0 atom stereocenters. The van der Waals surface area contributed by atoms with E-state index in [9.17, 15) is 9.18 Å². The van der Waals surface area contributed by atoms with Crippen LogP contribution < -0.4 is 5.32 Å². The molecule has 29 heavy (non-hydrogen) atoms. The molecule has 2 amide bonds. The summed E-state index contributed by atoms with van der Waals surface area (Å²) in [6.07, 6.45) is 0.568. The molecule has 6 heteroatoms. The fraction of sp³-hybridized carbons (Fsp3) is 0.174. The lowest BCUT2D eigenvalue weighted by atomic mass is 10.1. The average molecular weight is 431 g/mol. The zero-order chi connectivity index (χ0) is 20.8. The molecule has 3 nitrogen and oxygen atoms in total. The Bertz CT molecular complexity index is 992. The highest BCUT2D eigenvalue weighted by Gasteiger charge is 2.15. The summed E-state index contributed by atoms with van der Waals surface area (Å²) < 4.78 is 13.5. The van der Waals surface area contributed by atoms with E-state index in [1.54, 1.807) is 29.2 Å². The number of hydrogen-bond donors (Lipinski definition) is 1. The summed E-state index contributed by atoms with van der Waals surface area (Å²) in [6, 6.07) is 18.9. The Morgan fingerprint density at radius 1 is 1.03 bits per heavy atom. The van der Waals surface area contributed by atoms with Gasteiger partial charge in [0.1, 0.15) is 5.82 Å². The van der Waals surface area contributed by atoms with Crippen LogP contribution in [0.2, 0.25) is 10.0 Å². The van der Waals surface area contributed by atoms with Gasteiger partial charge in [0.2, 0.25) is 0 Å². The zero-order valence-electron chi connectivity index (χ0n) is 16.0. The van der Waals surface area contributed by atoms with Crippen LogP contribution in [0.4, 0.5) is 14.9 Å². The maximum atomic E-state index is 13.5. The maximum Gasteiger partial charge on any atom is 0.322 e. The largest absolute Gasteiger partial charge is 0.322 e. The molecule has 0 heterocycles. The molecule has 3 aromatic carbocycles. The van der Waals surface area contributed by atoms with Gasteiger partial charge in [0.25, 0.3) is 0 Å². The van der Waals surface area contributed by atoms with Crippen molar-refractivity contribution in [3.05, 3.63) is 99.3 Å². The summed E-state index contributed by atoms with van der Waals surface area (Å²) in [5.74, 6) is -0.402. The van der Waals surface area contributed by atoms with Gasteiger partial charge in [0.15, 0.2) is 0 Å². The number of amides is 2. The van der Waals surface area contributed by atoms with E-state index < -0.39 is 5.82 Å². The van der Waals surface area contributed by atoms with Crippen molar-refractivity contribution in [1.29, 1.82) is 0 Å². The first-order chi connectivity index (χ1) is 13.9. The summed E-state index contributed by atoms with van der Waals surface area (Å²) in [5.41, 5.74) is 3.47. The predicted molar refractivity (Wildman–Crippen MR) is 117 cm³/mol. The van der Waals surface area contributed by atoms with Crippen molar-refractivity contribution in [3.63, 3.8) is 0 Å². The molecule has 0 aliphatic heterocycles. The molecule has 0 aliphatic carbocycles. The number of urea groups is 1. The van der Waals surface area contributed by atoms with Crippen LogP contribution in [-0.2, 0) is 13.0 Å². The molecule has 0 saturated heterocycles. The smallest absolute Gasteiger partial charge is 0.320 e. The van der Waals surface area contributed by atoms with Crippen molar-refractivity contribution in [3.8, 4) is 0 Å². The van der Waals surface area contributed by atoms with Crippen LogP contribution in [0, 0.1) is 12.7 Å². The van der Waals surface area contributed by atoms with Gasteiger partial charge in [0.05, 0.1) is 0 Å². The number of carbonyl (C=O) groups is 1. The SMILES string of the molecule is Cc1ccc(CN(CCc2ccc(Cl)cc2Cl)C(=O)Nc2cccc(F)c2)cc1. The lowest BCUT2D eigenvalue weighted by Crippen LogP contribution is -2.36. The van der Waals surface area contributed by atoms with E-state index in [2.05, 4.69) is 5.32 Å². The summed E-state index contributed by atoms with van der Waals surface area (Å²) in [4.78, 5) is 14.6. The first kappa shape index (κ1) is 21.2. The summed E-state index contributed by atoms with van der Waals surface area (Å²) in [7, 11) is 0. The highest BCUT2D eigenvalue weighted by Crippen LogP contribution is 2.22. The van der Waals surface area contributed by atoms with E-state index in [0.717, 1.165) is 16.7 Å². The molecule has 0 fully saturated rings. The number of nitrogens with one attached hydrogen (secondary N) is 1. The van der Waals surface area contributed by atoms with Gasteiger partial charge in [-0.15, -0.1) is 0 Å². The third-order valence-corrected chi connectivity index (χ3v) is 5.11. The Balaban J connectivity index is 1.76. The molecule has 0 saturated carbocycles. The van der Waals surface area contributed by atoms with E-state index in [1.807, 2.05) is 37.3 Å². The van der Waals surface area contributed by atoms with Crippen LogP contribution >= 0.6 is 23.2 Å². The molecule has 0 aliphatic rings. The molecule has 0 aromatic heterocycles. The van der Waals surface area contributed by atoms with Crippen molar-refractivity contribution in [2.45, 2.75) is 19.9 Å². The highest BCUT2D eigenvalue weighted by molar-refractivity contribution is 6.35. The van der Waals surface area contributed by atoms with Crippen molar-refractivity contribution in [1.82, 2.24) is 4.90 Å². The summed E-state index contributed by atoms with van der Waals surface area (Å²) in [6.45, 7) is 2.88. The van der Waals surface area contributed by atoms with Crippen molar-refractivity contribution in [2.75, 3.05) is 11.9 Å². The van der Waals surface area contributed by atoms with Gasteiger partial charge in [-0.25, -0.2) is 9.18 Å². The number of hydrogen-bond acceptors (Lipinski definition) is 1. The van der Waals surface area contributed by atoms with Gasteiger partial charge in [-0.2, -0.15) is 0 Å². The molecule has 0 spiro atoms. The molecule has 3 aromatic rings. The Kier molecular flexibility index (Phi) is 7.13. The van der Waals surface area contributed by atoms with Gasteiger partial charge in [-0.1, -0.05) is 65.2 Å². The Morgan fingerprint density at radius 2 is 1.79 bits per heavy atom. The van der Waals surface area contributed by atoms with E-state index >= 15 is 0 Å². The molecule has 0 unspecified atom stereocenters. The minimum Gasteiger partial charge on any atom is -0.320 e. The molecular weight excluding hydrogens is 410 g/mol. The number of rotatable bonds is 6. The van der Waals surface area contributed by atoms with Gasteiger partial charge in [-0.05, 0) is 54.8 Å². The number of anilines is 1. The van der Waals surface area contributed by atoms with Gasteiger partial charge >= 0.3 is 6.03 Å². The first-order valence-corrected chi connectivity index (χ1v) is 9.97. The van der Waals surface area contributed by atoms with Crippen molar-refractivity contribution in [2.24, 2.45) is 0 Å². The second kappa shape index (κ2) is 9.77. The van der Waals surface area contributed by atoms with Crippen LogP contribution in [0.3, 0.4) is 0 Å². The third-order valence-electron chi connectivity index (χ3n) is 4.52. The Labute approximate surface area is 180 Å². The van der Waals surface area contributed by atoms with E-state index in [4.69, 9.17) is 23.2 Å². The lowest BCUT2D eigenvalue weighted by Gasteiger charge is -2.24. The summed E-state index contributed by atoms with van der Waals surface area (Å²) in [5, 5.41) is 3.90. The maximum absolute atomic E-state index is 13.5. The van der Waals surface area contributed by atoms with E-state index in [-0.39, 0.29) is 6.03 Å². The van der Waals surface area contributed by atoms with E-state index in [0.29, 0.717) is 35.2 Å². The number of carbonyl (C=O) groups excluding carboxylic acids is 1. The zero-order valence-corrected chi connectivity index (χ0v) is 17.5. The fourth-order valence-corrected chi connectivity index (χ4v) is 3.42. The molecule has 1 N–H and O–H groups in total. The molecule has 150 valence electrons. The van der Waals surface area contributed by atoms with Crippen LogP contribution in [-0.4, -0.2) is 17.5 Å². The highest BCUT2D eigenvalue weighted by atomic mass is 35.5. The van der Waals surface area contributed by atoms with Crippen molar-refractivity contribution < 1.29 is 9.18 Å². The van der Waals surface area contributed by atoms with Gasteiger partial charge in [-0.3, -0.25) is 0 Å². The second-order valence-electron chi connectivity index (χ2n) is 6.83. The van der Waals surface area contributed by atoms with Crippen LogP contribution in [0.15, 0.2) is 66.7 Å². The number of benzene rings is 3. The third kappa shape index (κ3) is 6.21. The monoisotopic (exact) mass is 430 g/mol. The van der Waals surface area contributed by atoms with Crippen LogP contribution in [0.25, 0.3) is 0 Å².